The number of carboxylic acids is 2. The molecule has 0 aliphatic rings. The number of benzene rings is 1. The summed E-state index contributed by atoms with van der Waals surface area (Å²) in [6, 6.07) is -0.794. The Morgan fingerprint density at radius 1 is 1.24 bits per heavy atom. The lowest BCUT2D eigenvalue weighted by Crippen LogP contribution is -2.28. The van der Waals surface area contributed by atoms with Gasteiger partial charge in [0.25, 0.3) is 0 Å². The van der Waals surface area contributed by atoms with Crippen LogP contribution in [0.2, 0.25) is 0 Å². The number of aliphatic carboxylic acids is 1. The van der Waals surface area contributed by atoms with E-state index in [9.17, 15) is 33.4 Å². The van der Waals surface area contributed by atoms with E-state index in [1.165, 1.54) is 0 Å². The van der Waals surface area contributed by atoms with Crippen LogP contribution >= 0.6 is 0 Å². The van der Waals surface area contributed by atoms with Crippen molar-refractivity contribution in [2.75, 3.05) is 7.11 Å². The molecule has 2 N–H and O–H groups in total. The van der Waals surface area contributed by atoms with Crippen LogP contribution in [0.5, 0.6) is 5.75 Å². The SMILES string of the molecule is COc1c(F)c(F)cc2c(=O)c(C(=O)O)cn(C(C(=O)O)C(C)C)c12. The van der Waals surface area contributed by atoms with Gasteiger partial charge >= 0.3 is 11.9 Å². The first kappa shape index (κ1) is 18.4. The lowest BCUT2D eigenvalue weighted by atomic mass is 10.0. The maximum atomic E-state index is 14.1. The van der Waals surface area contributed by atoms with Crippen LogP contribution in [0.25, 0.3) is 10.9 Å². The number of aromatic nitrogens is 1. The standard InChI is InChI=1S/C16H15F2NO6/c1-6(2)11(16(23)24)19-5-8(15(21)22)13(20)7-4-9(17)10(18)14(25-3)12(7)19/h4-6,11H,1-3H3,(H,21,22)(H,23,24). The number of hydrogen-bond donors (Lipinski definition) is 2. The Kier molecular flexibility index (Phi) is 4.78. The molecule has 1 aromatic heterocycles. The van der Waals surface area contributed by atoms with E-state index in [2.05, 4.69) is 0 Å². The number of ether oxygens (including phenoxy) is 1. The summed E-state index contributed by atoms with van der Waals surface area (Å²) in [6.45, 7) is 3.10. The molecular formula is C16H15F2NO6. The predicted octanol–water partition coefficient (Wildman–Crippen LogP) is 2.27. The van der Waals surface area contributed by atoms with Gasteiger partial charge in [-0.05, 0) is 12.0 Å². The monoisotopic (exact) mass is 355 g/mol. The van der Waals surface area contributed by atoms with Gasteiger partial charge in [0.05, 0.1) is 18.0 Å². The summed E-state index contributed by atoms with van der Waals surface area (Å²) < 4.78 is 33.6. The summed E-state index contributed by atoms with van der Waals surface area (Å²) in [5.74, 6) is -6.98. The van der Waals surface area contributed by atoms with Crippen molar-refractivity contribution < 1.29 is 33.3 Å². The molecule has 0 fully saturated rings. The fraction of sp³-hybridized carbons (Fsp3) is 0.312. The molecule has 2 aromatic rings. The van der Waals surface area contributed by atoms with Crippen molar-refractivity contribution in [2.24, 2.45) is 5.92 Å². The van der Waals surface area contributed by atoms with Gasteiger partial charge in [-0.2, -0.15) is 4.39 Å². The van der Waals surface area contributed by atoms with Gasteiger partial charge in [-0.3, -0.25) is 4.79 Å². The third-order valence-electron chi connectivity index (χ3n) is 3.78. The number of fused-ring (bicyclic) bond motifs is 1. The average Bonchev–Trinajstić information content (AvgIpc) is 2.50. The van der Waals surface area contributed by atoms with E-state index in [1.807, 2.05) is 0 Å². The highest BCUT2D eigenvalue weighted by Gasteiger charge is 2.30. The summed E-state index contributed by atoms with van der Waals surface area (Å²) in [5.41, 5.74) is -2.14. The summed E-state index contributed by atoms with van der Waals surface area (Å²) in [4.78, 5) is 35.3. The zero-order valence-corrected chi connectivity index (χ0v) is 13.5. The third kappa shape index (κ3) is 2.92. The molecule has 1 heterocycles. The zero-order valence-electron chi connectivity index (χ0n) is 13.5. The van der Waals surface area contributed by atoms with Crippen molar-refractivity contribution >= 4 is 22.8 Å². The minimum atomic E-state index is -1.61. The van der Waals surface area contributed by atoms with Gasteiger partial charge in [-0.1, -0.05) is 13.8 Å². The Hall–Kier alpha value is -2.97. The average molecular weight is 355 g/mol. The summed E-state index contributed by atoms with van der Waals surface area (Å²) >= 11 is 0. The Labute approximate surface area is 140 Å². The first-order valence-electron chi connectivity index (χ1n) is 7.18. The lowest BCUT2D eigenvalue weighted by Gasteiger charge is -2.24. The molecule has 1 aromatic carbocycles. The normalized spacial score (nSPS) is 12.4. The molecule has 1 atom stereocenters. The highest BCUT2D eigenvalue weighted by atomic mass is 19.2. The van der Waals surface area contributed by atoms with Gasteiger partial charge in [0.2, 0.25) is 11.2 Å². The molecule has 25 heavy (non-hydrogen) atoms. The number of halogens is 2. The van der Waals surface area contributed by atoms with Gasteiger partial charge in [-0.15, -0.1) is 0 Å². The van der Waals surface area contributed by atoms with Crippen LogP contribution < -0.4 is 10.2 Å². The minimum absolute atomic E-state index is 0.322. The van der Waals surface area contributed by atoms with E-state index in [-0.39, 0.29) is 5.52 Å². The van der Waals surface area contributed by atoms with Crippen LogP contribution in [0.1, 0.15) is 30.2 Å². The van der Waals surface area contributed by atoms with Crippen LogP contribution in [0.15, 0.2) is 17.1 Å². The fourth-order valence-electron chi connectivity index (χ4n) is 2.71. The molecular weight excluding hydrogens is 340 g/mol. The predicted molar refractivity (Wildman–Crippen MR) is 83.1 cm³/mol. The number of carbonyl (C=O) groups is 2. The number of methoxy groups -OCH3 is 1. The van der Waals surface area contributed by atoms with Crippen molar-refractivity contribution in [3.05, 3.63) is 39.7 Å². The van der Waals surface area contributed by atoms with Gasteiger partial charge in [-0.25, -0.2) is 14.0 Å². The molecule has 0 aliphatic heterocycles. The Morgan fingerprint density at radius 3 is 2.28 bits per heavy atom. The van der Waals surface area contributed by atoms with Crippen LogP contribution in [0.3, 0.4) is 0 Å². The second-order valence-electron chi connectivity index (χ2n) is 5.71. The van der Waals surface area contributed by atoms with Crippen LogP contribution in [-0.4, -0.2) is 33.8 Å². The molecule has 0 radical (unpaired) electrons. The Bertz CT molecular complexity index is 935. The van der Waals surface area contributed by atoms with E-state index in [1.54, 1.807) is 13.8 Å². The molecule has 2 rings (SSSR count). The van der Waals surface area contributed by atoms with Crippen LogP contribution in [0, 0.1) is 17.6 Å². The summed E-state index contributed by atoms with van der Waals surface area (Å²) in [6.07, 6.45) is 0.811. The Balaban J connectivity index is 3.14. The highest BCUT2D eigenvalue weighted by Crippen LogP contribution is 2.33. The molecule has 1 unspecified atom stereocenters. The lowest BCUT2D eigenvalue weighted by molar-refractivity contribution is -0.142. The Morgan fingerprint density at radius 2 is 1.84 bits per heavy atom. The maximum Gasteiger partial charge on any atom is 0.341 e. The molecule has 7 nitrogen and oxygen atoms in total. The number of aromatic carboxylic acids is 1. The molecule has 134 valence electrons. The third-order valence-corrected chi connectivity index (χ3v) is 3.78. The number of nitrogens with zero attached hydrogens (tertiary/aromatic N) is 1. The number of pyridine rings is 1. The van der Waals surface area contributed by atoms with Crippen molar-refractivity contribution in [3.8, 4) is 5.75 Å². The molecule has 0 aliphatic carbocycles. The van der Waals surface area contributed by atoms with E-state index in [0.717, 1.165) is 17.9 Å². The first-order chi connectivity index (χ1) is 11.6. The molecule has 0 amide bonds. The molecule has 0 spiro atoms. The van der Waals surface area contributed by atoms with Gasteiger partial charge < -0.3 is 19.5 Å². The largest absolute Gasteiger partial charge is 0.491 e. The molecule has 9 heteroatoms. The van der Waals surface area contributed by atoms with E-state index < -0.39 is 57.7 Å². The van der Waals surface area contributed by atoms with Gasteiger partial charge in [0.15, 0.2) is 11.6 Å². The van der Waals surface area contributed by atoms with E-state index in [0.29, 0.717) is 6.07 Å². The quantitative estimate of drug-likeness (QED) is 0.852. The van der Waals surface area contributed by atoms with Crippen LogP contribution in [0.4, 0.5) is 8.78 Å². The molecule has 0 saturated carbocycles. The van der Waals surface area contributed by atoms with Gasteiger partial charge in [0, 0.05) is 6.20 Å². The summed E-state index contributed by atoms with van der Waals surface area (Å²) in [7, 11) is 1.03. The highest BCUT2D eigenvalue weighted by molar-refractivity contribution is 5.95. The number of rotatable bonds is 5. The van der Waals surface area contributed by atoms with Crippen molar-refractivity contribution in [1.29, 1.82) is 0 Å². The topological polar surface area (TPSA) is 106 Å². The number of carboxylic acid groups (broad SMARTS) is 2. The first-order valence-corrected chi connectivity index (χ1v) is 7.18. The second-order valence-corrected chi connectivity index (χ2v) is 5.71. The van der Waals surface area contributed by atoms with E-state index >= 15 is 0 Å². The molecule has 0 bridgehead atoms. The summed E-state index contributed by atoms with van der Waals surface area (Å²) in [5, 5.41) is 18.2. The maximum absolute atomic E-state index is 14.1. The van der Waals surface area contributed by atoms with Crippen molar-refractivity contribution in [1.82, 2.24) is 4.57 Å². The van der Waals surface area contributed by atoms with E-state index in [4.69, 9.17) is 4.74 Å². The van der Waals surface area contributed by atoms with Crippen molar-refractivity contribution in [3.63, 3.8) is 0 Å². The second kappa shape index (κ2) is 6.50. The minimum Gasteiger partial charge on any atom is -0.491 e. The van der Waals surface area contributed by atoms with Crippen LogP contribution in [-0.2, 0) is 4.79 Å². The van der Waals surface area contributed by atoms with Crippen molar-refractivity contribution in [2.45, 2.75) is 19.9 Å². The van der Waals surface area contributed by atoms with Gasteiger partial charge in [0.1, 0.15) is 11.6 Å². The smallest absolute Gasteiger partial charge is 0.341 e. The number of hydrogen-bond acceptors (Lipinski definition) is 4. The zero-order chi connectivity index (χ0) is 19.0. The fourth-order valence-corrected chi connectivity index (χ4v) is 2.71. The molecule has 0 saturated heterocycles.